The lowest BCUT2D eigenvalue weighted by Crippen LogP contribution is -2.48. The molecule has 0 aliphatic carbocycles. The lowest BCUT2D eigenvalue weighted by molar-refractivity contribution is -0.143. The number of aromatic nitrogens is 1. The summed E-state index contributed by atoms with van der Waals surface area (Å²) in [5.74, 6) is -1.53. The molecule has 2 heterocycles. The first kappa shape index (κ1) is 20.6. The molecule has 0 bridgehead atoms. The van der Waals surface area contributed by atoms with Gasteiger partial charge < -0.3 is 19.9 Å². The molecule has 1 unspecified atom stereocenters. The molecule has 1 saturated heterocycles. The summed E-state index contributed by atoms with van der Waals surface area (Å²) < 4.78 is 2.07. The smallest absolute Gasteiger partial charge is 0.326 e. The molecule has 1 aliphatic heterocycles. The Bertz CT molecular complexity index is 948. The van der Waals surface area contributed by atoms with E-state index < -0.39 is 12.0 Å². The van der Waals surface area contributed by atoms with E-state index >= 15 is 0 Å². The van der Waals surface area contributed by atoms with Crippen LogP contribution in [0.25, 0.3) is 0 Å². The largest absolute Gasteiger partial charge is 0.480 e. The van der Waals surface area contributed by atoms with Crippen LogP contribution in [-0.2, 0) is 11.3 Å². The molecule has 1 aromatic heterocycles. The minimum Gasteiger partial charge on any atom is -0.480 e. The van der Waals surface area contributed by atoms with E-state index in [1.165, 1.54) is 4.90 Å². The molecule has 1 aromatic carbocycles. The average Bonchev–Trinajstić information content (AvgIpc) is 3.01. The Hall–Kier alpha value is -3.09. The number of amides is 2. The zero-order chi connectivity index (χ0) is 21.1. The van der Waals surface area contributed by atoms with Gasteiger partial charge in [-0.3, -0.25) is 9.59 Å². The number of nitrogens with one attached hydrogen (secondary N) is 1. The molecular formula is C22H27N3O4. The fourth-order valence-electron chi connectivity index (χ4n) is 4.04. The summed E-state index contributed by atoms with van der Waals surface area (Å²) in [6.45, 7) is 7.12. The molecule has 0 spiro atoms. The maximum Gasteiger partial charge on any atom is 0.326 e. The first-order chi connectivity index (χ1) is 13.8. The van der Waals surface area contributed by atoms with Crippen LogP contribution in [0.3, 0.4) is 0 Å². The van der Waals surface area contributed by atoms with Gasteiger partial charge in [0.1, 0.15) is 6.04 Å². The second-order valence-electron chi connectivity index (χ2n) is 7.41. The first-order valence-electron chi connectivity index (χ1n) is 9.95. The number of aliphatic carboxylic acids is 1. The van der Waals surface area contributed by atoms with E-state index in [1.54, 1.807) is 24.3 Å². The van der Waals surface area contributed by atoms with Crippen LogP contribution in [0.15, 0.2) is 30.3 Å². The van der Waals surface area contributed by atoms with Gasteiger partial charge in [0, 0.05) is 35.7 Å². The molecule has 29 heavy (non-hydrogen) atoms. The summed E-state index contributed by atoms with van der Waals surface area (Å²) >= 11 is 0. The standard InChI is InChI=1S/C22H27N3O4/c1-4-24-14(2)12-18(15(24)3)20(26)23-17-9-7-8-16(13-17)21(27)25-11-6-5-10-19(25)22(28)29/h7-9,12-13,19H,4-6,10-11H2,1-3H3,(H,23,26)(H,28,29). The van der Waals surface area contributed by atoms with Gasteiger partial charge in [0.25, 0.3) is 11.8 Å². The molecule has 2 N–H and O–H groups in total. The summed E-state index contributed by atoms with van der Waals surface area (Å²) in [7, 11) is 0. The number of hydrogen-bond acceptors (Lipinski definition) is 3. The van der Waals surface area contributed by atoms with Crippen molar-refractivity contribution < 1.29 is 19.5 Å². The Balaban J connectivity index is 1.80. The summed E-state index contributed by atoms with van der Waals surface area (Å²) in [4.78, 5) is 38.6. The van der Waals surface area contributed by atoms with Gasteiger partial charge in [-0.2, -0.15) is 0 Å². The molecule has 154 valence electrons. The van der Waals surface area contributed by atoms with Crippen LogP contribution in [0.2, 0.25) is 0 Å². The highest BCUT2D eigenvalue weighted by Crippen LogP contribution is 2.22. The maximum absolute atomic E-state index is 12.9. The third-order valence-electron chi connectivity index (χ3n) is 5.55. The van der Waals surface area contributed by atoms with E-state index in [4.69, 9.17) is 0 Å². The van der Waals surface area contributed by atoms with E-state index in [2.05, 4.69) is 9.88 Å². The average molecular weight is 397 g/mol. The third kappa shape index (κ3) is 4.18. The monoisotopic (exact) mass is 397 g/mol. The predicted molar refractivity (Wildman–Crippen MR) is 110 cm³/mol. The molecule has 2 aromatic rings. The van der Waals surface area contributed by atoms with Crippen LogP contribution in [0.1, 0.15) is 58.3 Å². The van der Waals surface area contributed by atoms with Gasteiger partial charge in [-0.25, -0.2) is 4.79 Å². The van der Waals surface area contributed by atoms with Crippen molar-refractivity contribution in [2.24, 2.45) is 0 Å². The fraction of sp³-hybridized carbons (Fsp3) is 0.409. The van der Waals surface area contributed by atoms with Crippen molar-refractivity contribution in [1.82, 2.24) is 9.47 Å². The minimum absolute atomic E-state index is 0.233. The molecule has 1 fully saturated rings. The topological polar surface area (TPSA) is 91.6 Å². The molecule has 1 atom stereocenters. The van der Waals surface area contributed by atoms with E-state index in [0.29, 0.717) is 29.8 Å². The first-order valence-corrected chi connectivity index (χ1v) is 9.95. The van der Waals surface area contributed by atoms with Gasteiger partial charge >= 0.3 is 5.97 Å². The maximum atomic E-state index is 12.9. The number of carbonyl (C=O) groups excluding carboxylic acids is 2. The molecule has 2 amide bonds. The normalized spacial score (nSPS) is 16.5. The van der Waals surface area contributed by atoms with Crippen LogP contribution in [0, 0.1) is 13.8 Å². The number of nitrogens with zero attached hydrogens (tertiary/aromatic N) is 2. The highest BCUT2D eigenvalue weighted by Gasteiger charge is 2.32. The third-order valence-corrected chi connectivity index (χ3v) is 5.55. The minimum atomic E-state index is -0.978. The zero-order valence-electron chi connectivity index (χ0n) is 17.1. The Kier molecular flexibility index (Phi) is 6.06. The number of carbonyl (C=O) groups is 3. The van der Waals surface area contributed by atoms with Crippen LogP contribution in [0.5, 0.6) is 0 Å². The van der Waals surface area contributed by atoms with Crippen LogP contribution in [0.4, 0.5) is 5.69 Å². The quantitative estimate of drug-likeness (QED) is 0.808. The zero-order valence-corrected chi connectivity index (χ0v) is 17.1. The van der Waals surface area contributed by atoms with Crippen LogP contribution < -0.4 is 5.32 Å². The van der Waals surface area contributed by atoms with Crippen LogP contribution in [-0.4, -0.2) is 44.9 Å². The summed E-state index contributed by atoms with van der Waals surface area (Å²) in [6, 6.07) is 7.72. The van der Waals surface area contributed by atoms with Crippen molar-refractivity contribution in [3.05, 3.63) is 52.8 Å². The number of anilines is 1. The van der Waals surface area contributed by atoms with Gasteiger partial charge in [0.2, 0.25) is 0 Å². The van der Waals surface area contributed by atoms with Gasteiger partial charge in [-0.1, -0.05) is 6.07 Å². The van der Waals surface area contributed by atoms with Gasteiger partial charge in [-0.05, 0) is 64.3 Å². The van der Waals surface area contributed by atoms with Crippen molar-refractivity contribution >= 4 is 23.5 Å². The van der Waals surface area contributed by atoms with E-state index in [9.17, 15) is 19.5 Å². The SMILES string of the molecule is CCn1c(C)cc(C(=O)Nc2cccc(C(=O)N3CCCCC3C(=O)O)c2)c1C. The number of carboxylic acids is 1. The highest BCUT2D eigenvalue weighted by molar-refractivity contribution is 6.06. The molecular weight excluding hydrogens is 370 g/mol. The Morgan fingerprint density at radius 2 is 1.93 bits per heavy atom. The van der Waals surface area contributed by atoms with Gasteiger partial charge in [0.05, 0.1) is 5.56 Å². The molecule has 1 aliphatic rings. The Labute approximate surface area is 170 Å². The van der Waals surface area contributed by atoms with Crippen molar-refractivity contribution in [1.29, 1.82) is 0 Å². The van der Waals surface area contributed by atoms with E-state index in [1.807, 2.05) is 26.8 Å². The fourth-order valence-corrected chi connectivity index (χ4v) is 4.04. The molecule has 7 nitrogen and oxygen atoms in total. The van der Waals surface area contributed by atoms with Crippen molar-refractivity contribution in [3.63, 3.8) is 0 Å². The molecule has 0 saturated carbocycles. The number of likely N-dealkylation sites (tertiary alicyclic amines) is 1. The van der Waals surface area contributed by atoms with Crippen molar-refractivity contribution in [2.45, 2.75) is 52.6 Å². The number of rotatable bonds is 5. The number of benzene rings is 1. The number of piperidine rings is 1. The highest BCUT2D eigenvalue weighted by atomic mass is 16.4. The summed E-state index contributed by atoms with van der Waals surface area (Å²) in [6.07, 6.45) is 2.05. The number of hydrogen-bond donors (Lipinski definition) is 2. The summed E-state index contributed by atoms with van der Waals surface area (Å²) in [5, 5.41) is 12.3. The predicted octanol–water partition coefficient (Wildman–Crippen LogP) is 3.46. The molecule has 3 rings (SSSR count). The molecule has 0 radical (unpaired) electrons. The van der Waals surface area contributed by atoms with Crippen molar-refractivity contribution in [2.75, 3.05) is 11.9 Å². The second-order valence-corrected chi connectivity index (χ2v) is 7.41. The van der Waals surface area contributed by atoms with E-state index in [-0.39, 0.29) is 11.8 Å². The lowest BCUT2D eigenvalue weighted by atomic mass is 10.0. The molecule has 7 heteroatoms. The number of aryl methyl sites for hydroxylation is 1. The Morgan fingerprint density at radius 1 is 1.17 bits per heavy atom. The number of carboxylic acid groups (broad SMARTS) is 1. The van der Waals surface area contributed by atoms with Gasteiger partial charge in [-0.15, -0.1) is 0 Å². The Morgan fingerprint density at radius 3 is 2.59 bits per heavy atom. The second kappa shape index (κ2) is 8.51. The lowest BCUT2D eigenvalue weighted by Gasteiger charge is -2.33. The van der Waals surface area contributed by atoms with E-state index in [0.717, 1.165) is 30.8 Å². The van der Waals surface area contributed by atoms with Crippen molar-refractivity contribution in [3.8, 4) is 0 Å². The van der Waals surface area contributed by atoms with Crippen LogP contribution >= 0.6 is 0 Å². The van der Waals surface area contributed by atoms with Gasteiger partial charge in [0.15, 0.2) is 0 Å². The summed E-state index contributed by atoms with van der Waals surface area (Å²) in [5.41, 5.74) is 3.39.